The average Bonchev–Trinajstić information content (AvgIpc) is 2.93. The van der Waals surface area contributed by atoms with E-state index in [2.05, 4.69) is 22.2 Å². The highest BCUT2D eigenvalue weighted by atomic mass is 19.1. The Hall–Kier alpha value is -1.68. The summed E-state index contributed by atoms with van der Waals surface area (Å²) < 4.78 is 12.9. The van der Waals surface area contributed by atoms with E-state index in [9.17, 15) is 4.39 Å². The van der Waals surface area contributed by atoms with Crippen molar-refractivity contribution < 1.29 is 4.39 Å². The van der Waals surface area contributed by atoms with Gasteiger partial charge in [0.2, 0.25) is 0 Å². The van der Waals surface area contributed by atoms with Crippen LogP contribution >= 0.6 is 0 Å². The molecule has 19 heavy (non-hydrogen) atoms. The molecule has 0 aliphatic carbocycles. The van der Waals surface area contributed by atoms with E-state index < -0.39 is 0 Å². The zero-order valence-electron chi connectivity index (χ0n) is 11.2. The van der Waals surface area contributed by atoms with E-state index in [0.717, 1.165) is 37.2 Å². The molecular weight excluding hydrogens is 241 g/mol. The highest BCUT2D eigenvalue weighted by molar-refractivity contribution is 5.19. The predicted molar refractivity (Wildman–Crippen MR) is 74.3 cm³/mol. The highest BCUT2D eigenvalue weighted by Gasteiger charge is 2.08. The molecule has 0 bridgehead atoms. The number of aromatic nitrogens is 2. The van der Waals surface area contributed by atoms with E-state index in [4.69, 9.17) is 0 Å². The van der Waals surface area contributed by atoms with Crippen molar-refractivity contribution in [2.75, 3.05) is 6.54 Å². The molecule has 2 rings (SSSR count). The number of nitrogens with one attached hydrogen (secondary N) is 2. The highest BCUT2D eigenvalue weighted by Crippen LogP contribution is 2.16. The standard InChI is InChI=1S/C15H20FN3/c1-2-14(12-5-7-13(16)8-6-12)17-9-3-4-15-18-10-11-19-15/h5-8,10-11,14,17H,2-4,9H2,1H3,(H,18,19). The number of halogens is 1. The Bertz CT molecular complexity index is 465. The van der Waals surface area contributed by atoms with Crippen LogP contribution in [0.25, 0.3) is 0 Å². The molecule has 1 atom stereocenters. The van der Waals surface area contributed by atoms with Gasteiger partial charge in [-0.1, -0.05) is 19.1 Å². The molecule has 0 fully saturated rings. The molecule has 2 aromatic rings. The zero-order chi connectivity index (χ0) is 13.5. The van der Waals surface area contributed by atoms with Crippen LogP contribution in [0, 0.1) is 5.82 Å². The second kappa shape index (κ2) is 7.04. The molecule has 0 radical (unpaired) electrons. The third kappa shape index (κ3) is 4.17. The summed E-state index contributed by atoms with van der Waals surface area (Å²) in [6, 6.07) is 7.02. The lowest BCUT2D eigenvalue weighted by Gasteiger charge is -2.17. The van der Waals surface area contributed by atoms with Gasteiger partial charge in [-0.15, -0.1) is 0 Å². The van der Waals surface area contributed by atoms with E-state index in [1.807, 2.05) is 18.3 Å². The fourth-order valence-electron chi connectivity index (χ4n) is 2.16. The van der Waals surface area contributed by atoms with Gasteiger partial charge in [-0.3, -0.25) is 0 Å². The molecule has 0 aliphatic heterocycles. The van der Waals surface area contributed by atoms with Crippen molar-refractivity contribution in [2.24, 2.45) is 0 Å². The van der Waals surface area contributed by atoms with Crippen LogP contribution < -0.4 is 5.32 Å². The monoisotopic (exact) mass is 261 g/mol. The molecule has 1 heterocycles. The second-order valence-corrected chi connectivity index (χ2v) is 4.61. The quantitative estimate of drug-likeness (QED) is 0.751. The Labute approximate surface area is 113 Å². The van der Waals surface area contributed by atoms with Gasteiger partial charge in [-0.25, -0.2) is 9.37 Å². The average molecular weight is 261 g/mol. The third-order valence-corrected chi connectivity index (χ3v) is 3.22. The Balaban J connectivity index is 1.77. The summed E-state index contributed by atoms with van der Waals surface area (Å²) in [5.74, 6) is 0.841. The molecule has 0 spiro atoms. The second-order valence-electron chi connectivity index (χ2n) is 4.61. The topological polar surface area (TPSA) is 40.7 Å². The minimum Gasteiger partial charge on any atom is -0.349 e. The first kappa shape index (κ1) is 13.7. The van der Waals surface area contributed by atoms with Crippen LogP contribution in [0.5, 0.6) is 0 Å². The summed E-state index contributed by atoms with van der Waals surface area (Å²) in [6.07, 6.45) is 6.59. The van der Waals surface area contributed by atoms with Gasteiger partial charge in [-0.2, -0.15) is 0 Å². The van der Waals surface area contributed by atoms with Crippen molar-refractivity contribution in [3.05, 3.63) is 53.9 Å². The van der Waals surface area contributed by atoms with Crippen LogP contribution in [-0.4, -0.2) is 16.5 Å². The Morgan fingerprint density at radius 2 is 2.11 bits per heavy atom. The minimum atomic E-state index is -0.184. The smallest absolute Gasteiger partial charge is 0.123 e. The van der Waals surface area contributed by atoms with E-state index in [0.29, 0.717) is 0 Å². The fraction of sp³-hybridized carbons (Fsp3) is 0.400. The van der Waals surface area contributed by atoms with Gasteiger partial charge in [0, 0.05) is 24.9 Å². The van der Waals surface area contributed by atoms with Crippen LogP contribution in [-0.2, 0) is 6.42 Å². The number of imidazole rings is 1. The lowest BCUT2D eigenvalue weighted by molar-refractivity contribution is 0.507. The summed E-state index contributed by atoms with van der Waals surface area (Å²) in [4.78, 5) is 7.29. The van der Waals surface area contributed by atoms with Gasteiger partial charge in [0.1, 0.15) is 11.6 Å². The van der Waals surface area contributed by atoms with E-state index in [1.54, 1.807) is 6.20 Å². The summed E-state index contributed by atoms with van der Waals surface area (Å²) >= 11 is 0. The molecule has 1 aromatic carbocycles. The normalized spacial score (nSPS) is 12.5. The van der Waals surface area contributed by atoms with Gasteiger partial charge in [0.15, 0.2) is 0 Å². The number of H-pyrrole nitrogens is 1. The van der Waals surface area contributed by atoms with Crippen molar-refractivity contribution in [1.82, 2.24) is 15.3 Å². The van der Waals surface area contributed by atoms with Gasteiger partial charge < -0.3 is 10.3 Å². The number of aromatic amines is 1. The molecule has 4 heteroatoms. The Morgan fingerprint density at radius 3 is 2.74 bits per heavy atom. The number of benzene rings is 1. The molecule has 3 nitrogen and oxygen atoms in total. The van der Waals surface area contributed by atoms with Crippen molar-refractivity contribution in [1.29, 1.82) is 0 Å². The lowest BCUT2D eigenvalue weighted by Crippen LogP contribution is -2.22. The molecule has 0 amide bonds. The van der Waals surface area contributed by atoms with Crippen molar-refractivity contribution in [3.63, 3.8) is 0 Å². The number of hydrogen-bond acceptors (Lipinski definition) is 2. The SMILES string of the molecule is CCC(NCCCc1ncc[nH]1)c1ccc(F)cc1. The van der Waals surface area contributed by atoms with Crippen molar-refractivity contribution in [3.8, 4) is 0 Å². The maximum absolute atomic E-state index is 12.9. The molecule has 102 valence electrons. The Morgan fingerprint density at radius 1 is 1.32 bits per heavy atom. The molecule has 1 unspecified atom stereocenters. The van der Waals surface area contributed by atoms with Crippen LogP contribution in [0.15, 0.2) is 36.7 Å². The van der Waals surface area contributed by atoms with Gasteiger partial charge >= 0.3 is 0 Å². The van der Waals surface area contributed by atoms with Gasteiger partial charge in [-0.05, 0) is 37.1 Å². The van der Waals surface area contributed by atoms with Crippen LogP contribution in [0.1, 0.15) is 37.2 Å². The molecule has 2 N–H and O–H groups in total. The molecule has 0 saturated carbocycles. The number of hydrogen-bond donors (Lipinski definition) is 2. The fourth-order valence-corrected chi connectivity index (χ4v) is 2.16. The van der Waals surface area contributed by atoms with Crippen LogP contribution in [0.2, 0.25) is 0 Å². The molecule has 0 aliphatic rings. The number of aryl methyl sites for hydroxylation is 1. The number of nitrogens with zero attached hydrogens (tertiary/aromatic N) is 1. The van der Waals surface area contributed by atoms with Crippen LogP contribution in [0.4, 0.5) is 4.39 Å². The summed E-state index contributed by atoms with van der Waals surface area (Å²) in [5.41, 5.74) is 1.14. The maximum Gasteiger partial charge on any atom is 0.123 e. The van der Waals surface area contributed by atoms with Crippen molar-refractivity contribution in [2.45, 2.75) is 32.2 Å². The summed E-state index contributed by atoms with van der Waals surface area (Å²) in [6.45, 7) is 3.06. The summed E-state index contributed by atoms with van der Waals surface area (Å²) in [7, 11) is 0. The first-order chi connectivity index (χ1) is 9.29. The van der Waals surface area contributed by atoms with Crippen molar-refractivity contribution >= 4 is 0 Å². The molecular formula is C15H20FN3. The van der Waals surface area contributed by atoms with Crippen LogP contribution in [0.3, 0.4) is 0 Å². The predicted octanol–water partition coefficient (Wildman–Crippen LogP) is 3.22. The minimum absolute atomic E-state index is 0.184. The van der Waals surface area contributed by atoms with E-state index in [1.165, 1.54) is 12.1 Å². The largest absolute Gasteiger partial charge is 0.349 e. The van der Waals surface area contributed by atoms with Gasteiger partial charge in [0.05, 0.1) is 0 Å². The summed E-state index contributed by atoms with van der Waals surface area (Å²) in [5, 5.41) is 3.50. The maximum atomic E-state index is 12.9. The number of rotatable bonds is 7. The molecule has 0 saturated heterocycles. The first-order valence-corrected chi connectivity index (χ1v) is 6.76. The third-order valence-electron chi connectivity index (χ3n) is 3.22. The van der Waals surface area contributed by atoms with Gasteiger partial charge in [0.25, 0.3) is 0 Å². The molecule has 1 aromatic heterocycles. The zero-order valence-corrected chi connectivity index (χ0v) is 11.2. The van der Waals surface area contributed by atoms with E-state index >= 15 is 0 Å². The van der Waals surface area contributed by atoms with E-state index in [-0.39, 0.29) is 11.9 Å². The lowest BCUT2D eigenvalue weighted by atomic mass is 10.0. The first-order valence-electron chi connectivity index (χ1n) is 6.76. The Kier molecular flexibility index (Phi) is 5.10.